The van der Waals surface area contributed by atoms with Crippen LogP contribution in [0.1, 0.15) is 5.56 Å². The van der Waals surface area contributed by atoms with Gasteiger partial charge in [-0.25, -0.2) is 0 Å². The van der Waals surface area contributed by atoms with Gasteiger partial charge in [-0.3, -0.25) is 14.9 Å². The van der Waals surface area contributed by atoms with E-state index in [4.69, 9.17) is 0 Å². The van der Waals surface area contributed by atoms with Gasteiger partial charge in [-0.05, 0) is 23.8 Å². The topological polar surface area (TPSA) is 88.0 Å². The number of hydrogen-bond donors (Lipinski definition) is 2. The number of rotatable bonds is 6. The Kier molecular flexibility index (Phi) is 4.81. The molecule has 0 atom stereocenters. The molecule has 0 aliphatic heterocycles. The molecule has 0 aliphatic carbocycles. The van der Waals surface area contributed by atoms with Crippen LogP contribution in [0.5, 0.6) is 0 Å². The van der Waals surface area contributed by atoms with E-state index in [0.29, 0.717) is 11.5 Å². The lowest BCUT2D eigenvalue weighted by Gasteiger charge is -2.04. The standard InChI is InChI=1S/C17H15N3O3S/c21-17(19-13-4-2-1-3-5-13)11-24-10-12-9-18-16-8-14(20(22)23)6-7-15(12)16/h1-9,18H,10-11H2,(H,19,21). The predicted molar refractivity (Wildman–Crippen MR) is 96.2 cm³/mol. The number of nitrogens with zero attached hydrogens (tertiary/aromatic N) is 1. The maximum Gasteiger partial charge on any atom is 0.271 e. The number of thioether (sulfide) groups is 1. The second-order valence-corrected chi connectivity index (χ2v) is 6.19. The van der Waals surface area contributed by atoms with Crippen molar-refractivity contribution in [2.24, 2.45) is 0 Å². The molecule has 7 heteroatoms. The molecule has 3 rings (SSSR count). The second-order valence-electron chi connectivity index (χ2n) is 5.21. The molecule has 0 spiro atoms. The fraction of sp³-hybridized carbons (Fsp3) is 0.118. The molecule has 0 bridgehead atoms. The van der Waals surface area contributed by atoms with Gasteiger partial charge in [0.25, 0.3) is 5.69 Å². The van der Waals surface area contributed by atoms with E-state index in [1.807, 2.05) is 36.5 Å². The number of fused-ring (bicyclic) bond motifs is 1. The van der Waals surface area contributed by atoms with Crippen LogP contribution in [0.15, 0.2) is 54.7 Å². The minimum atomic E-state index is -0.414. The Morgan fingerprint density at radius 2 is 2.00 bits per heavy atom. The highest BCUT2D eigenvalue weighted by Gasteiger charge is 2.10. The Morgan fingerprint density at radius 3 is 2.75 bits per heavy atom. The summed E-state index contributed by atoms with van der Waals surface area (Å²) in [6.45, 7) is 0. The van der Waals surface area contributed by atoms with Crippen LogP contribution in [0.4, 0.5) is 11.4 Å². The third-order valence-corrected chi connectivity index (χ3v) is 4.49. The first kappa shape index (κ1) is 16.1. The molecule has 0 radical (unpaired) electrons. The number of para-hydroxylation sites is 1. The average molecular weight is 341 g/mol. The molecule has 2 N–H and O–H groups in total. The maximum absolute atomic E-state index is 11.9. The number of nitro benzene ring substituents is 1. The summed E-state index contributed by atoms with van der Waals surface area (Å²) >= 11 is 1.50. The van der Waals surface area contributed by atoms with Crippen LogP contribution < -0.4 is 5.32 Å². The van der Waals surface area contributed by atoms with Crippen LogP contribution in [0.25, 0.3) is 10.9 Å². The summed E-state index contributed by atoms with van der Waals surface area (Å²) in [6.07, 6.45) is 1.83. The maximum atomic E-state index is 11.9. The fourth-order valence-electron chi connectivity index (χ4n) is 2.38. The highest BCUT2D eigenvalue weighted by atomic mass is 32.2. The zero-order chi connectivity index (χ0) is 16.9. The van der Waals surface area contributed by atoms with Gasteiger partial charge in [-0.15, -0.1) is 11.8 Å². The van der Waals surface area contributed by atoms with Crippen LogP contribution in [0, 0.1) is 10.1 Å². The molecule has 2 aromatic carbocycles. The normalized spacial score (nSPS) is 10.7. The third kappa shape index (κ3) is 3.75. The number of nitro groups is 1. The number of carbonyl (C=O) groups is 1. The van der Waals surface area contributed by atoms with Crippen molar-refractivity contribution >= 4 is 39.9 Å². The Hall–Kier alpha value is -2.80. The summed E-state index contributed by atoms with van der Waals surface area (Å²) in [6, 6.07) is 14.1. The van der Waals surface area contributed by atoms with Gasteiger partial charge in [-0.1, -0.05) is 18.2 Å². The van der Waals surface area contributed by atoms with E-state index >= 15 is 0 Å². The van der Waals surface area contributed by atoms with E-state index in [2.05, 4.69) is 10.3 Å². The first-order valence-electron chi connectivity index (χ1n) is 7.30. The summed E-state index contributed by atoms with van der Waals surface area (Å²) in [4.78, 5) is 25.3. The molecular weight excluding hydrogens is 326 g/mol. The zero-order valence-electron chi connectivity index (χ0n) is 12.7. The van der Waals surface area contributed by atoms with Crippen molar-refractivity contribution in [3.05, 3.63) is 70.4 Å². The molecule has 1 heterocycles. The Bertz CT molecular complexity index is 877. The number of hydrogen-bond acceptors (Lipinski definition) is 4. The molecule has 3 aromatic rings. The van der Waals surface area contributed by atoms with Gasteiger partial charge in [0.05, 0.1) is 16.2 Å². The van der Waals surface area contributed by atoms with E-state index in [0.717, 1.165) is 22.2 Å². The summed E-state index contributed by atoms with van der Waals surface area (Å²) in [5.74, 6) is 0.941. The fourth-order valence-corrected chi connectivity index (χ4v) is 3.20. The van der Waals surface area contributed by atoms with Crippen LogP contribution in [0.2, 0.25) is 0 Å². The van der Waals surface area contributed by atoms with Crippen molar-refractivity contribution in [1.82, 2.24) is 4.98 Å². The Morgan fingerprint density at radius 1 is 1.21 bits per heavy atom. The van der Waals surface area contributed by atoms with E-state index in [-0.39, 0.29) is 11.6 Å². The summed E-state index contributed by atoms with van der Waals surface area (Å²) in [5, 5.41) is 14.6. The van der Waals surface area contributed by atoms with Crippen LogP contribution in [0.3, 0.4) is 0 Å². The smallest absolute Gasteiger partial charge is 0.271 e. The van der Waals surface area contributed by atoms with Gasteiger partial charge >= 0.3 is 0 Å². The Balaban J connectivity index is 1.58. The monoisotopic (exact) mass is 341 g/mol. The molecule has 1 aromatic heterocycles. The number of anilines is 1. The van der Waals surface area contributed by atoms with Crippen molar-refractivity contribution in [2.45, 2.75) is 5.75 Å². The van der Waals surface area contributed by atoms with E-state index in [1.165, 1.54) is 23.9 Å². The molecule has 24 heavy (non-hydrogen) atoms. The number of aromatic nitrogens is 1. The highest BCUT2D eigenvalue weighted by Crippen LogP contribution is 2.26. The molecule has 0 aliphatic rings. The lowest BCUT2D eigenvalue weighted by Crippen LogP contribution is -2.13. The number of carbonyl (C=O) groups excluding carboxylic acids is 1. The molecule has 1 amide bonds. The predicted octanol–water partition coefficient (Wildman–Crippen LogP) is 3.95. The number of benzene rings is 2. The van der Waals surface area contributed by atoms with Crippen molar-refractivity contribution in [3.8, 4) is 0 Å². The van der Waals surface area contributed by atoms with Crippen LogP contribution in [-0.2, 0) is 10.5 Å². The lowest BCUT2D eigenvalue weighted by atomic mass is 10.2. The first-order valence-corrected chi connectivity index (χ1v) is 8.46. The third-order valence-electron chi connectivity index (χ3n) is 3.51. The van der Waals surface area contributed by atoms with Crippen molar-refractivity contribution < 1.29 is 9.72 Å². The van der Waals surface area contributed by atoms with Crippen molar-refractivity contribution in [2.75, 3.05) is 11.1 Å². The minimum absolute atomic E-state index is 0.0540. The summed E-state index contributed by atoms with van der Waals surface area (Å²) < 4.78 is 0. The zero-order valence-corrected chi connectivity index (χ0v) is 13.5. The number of aromatic amines is 1. The quantitative estimate of drug-likeness (QED) is 0.525. The number of nitrogens with one attached hydrogen (secondary N) is 2. The Labute approximate surface area is 142 Å². The first-order chi connectivity index (χ1) is 11.6. The van der Waals surface area contributed by atoms with Crippen LogP contribution in [-0.4, -0.2) is 21.6 Å². The second kappa shape index (κ2) is 7.18. The van der Waals surface area contributed by atoms with E-state index in [1.54, 1.807) is 6.07 Å². The number of non-ortho nitro benzene ring substituents is 1. The van der Waals surface area contributed by atoms with Crippen molar-refractivity contribution in [1.29, 1.82) is 0 Å². The van der Waals surface area contributed by atoms with Gasteiger partial charge in [-0.2, -0.15) is 0 Å². The molecule has 0 saturated heterocycles. The van der Waals surface area contributed by atoms with Gasteiger partial charge in [0.2, 0.25) is 5.91 Å². The van der Waals surface area contributed by atoms with Gasteiger partial charge in [0.1, 0.15) is 0 Å². The van der Waals surface area contributed by atoms with Gasteiger partial charge in [0, 0.05) is 35.2 Å². The highest BCUT2D eigenvalue weighted by molar-refractivity contribution is 7.99. The number of amides is 1. The molecular formula is C17H15N3O3S. The van der Waals surface area contributed by atoms with Gasteiger partial charge < -0.3 is 10.3 Å². The average Bonchev–Trinajstić information content (AvgIpc) is 2.98. The largest absolute Gasteiger partial charge is 0.361 e. The molecule has 122 valence electrons. The van der Waals surface area contributed by atoms with E-state index in [9.17, 15) is 14.9 Å². The van der Waals surface area contributed by atoms with Crippen molar-refractivity contribution in [3.63, 3.8) is 0 Å². The van der Waals surface area contributed by atoms with E-state index < -0.39 is 4.92 Å². The SMILES string of the molecule is O=C(CSCc1c[nH]c2cc([N+](=O)[O-])ccc12)Nc1ccccc1. The lowest BCUT2D eigenvalue weighted by molar-refractivity contribution is -0.384. The molecule has 6 nitrogen and oxygen atoms in total. The molecule has 0 saturated carbocycles. The minimum Gasteiger partial charge on any atom is -0.361 e. The van der Waals surface area contributed by atoms with Gasteiger partial charge in [0.15, 0.2) is 0 Å². The summed E-state index contributed by atoms with van der Waals surface area (Å²) in [5.41, 5.74) is 2.60. The molecule has 0 fully saturated rings. The number of H-pyrrole nitrogens is 1. The van der Waals surface area contributed by atoms with Crippen LogP contribution >= 0.6 is 11.8 Å². The summed E-state index contributed by atoms with van der Waals surface area (Å²) in [7, 11) is 0. The molecule has 0 unspecified atom stereocenters.